The predicted octanol–water partition coefficient (Wildman–Crippen LogP) is 4.37. The summed E-state index contributed by atoms with van der Waals surface area (Å²) < 4.78 is 32.7. The Hall–Kier alpha value is -1.50. The van der Waals surface area contributed by atoms with Crippen LogP contribution in [0.3, 0.4) is 0 Å². The summed E-state index contributed by atoms with van der Waals surface area (Å²) in [6.07, 6.45) is 3.19. The third-order valence-electron chi connectivity index (χ3n) is 2.93. The molecular weight excluding hydrogens is 359 g/mol. The van der Waals surface area contributed by atoms with Crippen LogP contribution >= 0.6 is 23.2 Å². The number of pyridine rings is 1. The van der Waals surface area contributed by atoms with Gasteiger partial charge in [-0.15, -0.1) is 0 Å². The van der Waals surface area contributed by atoms with Gasteiger partial charge >= 0.3 is 0 Å². The van der Waals surface area contributed by atoms with Crippen molar-refractivity contribution in [2.24, 2.45) is 0 Å². The minimum absolute atomic E-state index is 0.0464. The van der Waals surface area contributed by atoms with Crippen LogP contribution in [0.15, 0.2) is 41.4 Å². The minimum Gasteiger partial charge on any atom is -0.492 e. The molecule has 5 nitrogen and oxygen atoms in total. The third-order valence-corrected chi connectivity index (χ3v) is 4.82. The summed E-state index contributed by atoms with van der Waals surface area (Å²) in [5.74, 6) is 0.518. The fourth-order valence-corrected chi connectivity index (χ4v) is 3.03. The van der Waals surface area contributed by atoms with E-state index in [0.29, 0.717) is 22.4 Å². The van der Waals surface area contributed by atoms with Crippen LogP contribution in [0.5, 0.6) is 5.75 Å². The fourth-order valence-electron chi connectivity index (χ4n) is 1.72. The Morgan fingerprint density at radius 3 is 2.65 bits per heavy atom. The second kappa shape index (κ2) is 7.86. The molecule has 124 valence electrons. The van der Waals surface area contributed by atoms with Gasteiger partial charge in [0.25, 0.3) is 10.0 Å². The molecule has 23 heavy (non-hydrogen) atoms. The average molecular weight is 375 g/mol. The van der Waals surface area contributed by atoms with E-state index in [4.69, 9.17) is 27.9 Å². The molecule has 0 unspecified atom stereocenters. The van der Waals surface area contributed by atoms with E-state index >= 15 is 0 Å². The van der Waals surface area contributed by atoms with Gasteiger partial charge in [0.2, 0.25) is 0 Å². The number of ether oxygens (including phenoxy) is 1. The molecule has 2 aromatic rings. The predicted molar refractivity (Wildman–Crippen MR) is 91.9 cm³/mol. The summed E-state index contributed by atoms with van der Waals surface area (Å²) in [5, 5.41) is 0.788. The van der Waals surface area contributed by atoms with Crippen LogP contribution in [0.4, 0.5) is 5.82 Å². The summed E-state index contributed by atoms with van der Waals surface area (Å²) in [5.41, 5.74) is 0. The van der Waals surface area contributed by atoms with Gasteiger partial charge in [-0.1, -0.05) is 36.5 Å². The highest BCUT2D eigenvalue weighted by molar-refractivity contribution is 7.92. The molecule has 1 aromatic heterocycles. The van der Waals surface area contributed by atoms with E-state index in [2.05, 4.69) is 9.71 Å². The number of halogens is 2. The number of unbranched alkanes of at least 4 members (excludes halogenated alkanes) is 1. The number of nitrogens with zero attached hydrogens (tertiary/aromatic N) is 1. The highest BCUT2D eigenvalue weighted by Crippen LogP contribution is 2.28. The largest absolute Gasteiger partial charge is 0.492 e. The number of sulfonamides is 1. The van der Waals surface area contributed by atoms with E-state index in [1.807, 2.05) is 6.92 Å². The van der Waals surface area contributed by atoms with E-state index in [1.165, 1.54) is 30.5 Å². The summed E-state index contributed by atoms with van der Waals surface area (Å²) in [7, 11) is -3.79. The van der Waals surface area contributed by atoms with Crippen molar-refractivity contribution in [2.45, 2.75) is 24.7 Å². The zero-order valence-electron chi connectivity index (χ0n) is 12.4. The molecule has 0 bridgehead atoms. The Morgan fingerprint density at radius 1 is 1.22 bits per heavy atom. The molecule has 1 heterocycles. The number of benzene rings is 1. The number of nitrogens with one attached hydrogen (secondary N) is 1. The molecule has 0 aliphatic rings. The standard InChI is InChI=1S/C15H16Cl2N2O3S/c1-2-3-8-22-14-9-12(5-6-13(14)17)23(20,21)19-15-7-4-11(16)10-18-15/h4-7,9-10H,2-3,8H2,1H3,(H,18,19). The van der Waals surface area contributed by atoms with E-state index < -0.39 is 10.0 Å². The molecule has 0 aliphatic carbocycles. The molecule has 1 aromatic carbocycles. The number of anilines is 1. The van der Waals surface area contributed by atoms with Gasteiger partial charge in [-0.3, -0.25) is 4.72 Å². The van der Waals surface area contributed by atoms with Gasteiger partial charge < -0.3 is 4.74 Å². The Bertz CT molecular complexity index is 765. The van der Waals surface area contributed by atoms with Crippen molar-refractivity contribution in [1.82, 2.24) is 4.98 Å². The Labute approximate surface area is 145 Å². The van der Waals surface area contributed by atoms with Crippen molar-refractivity contribution in [3.05, 3.63) is 46.6 Å². The fraction of sp³-hybridized carbons (Fsp3) is 0.267. The molecule has 0 fully saturated rings. The van der Waals surface area contributed by atoms with Crippen molar-refractivity contribution in [2.75, 3.05) is 11.3 Å². The molecule has 0 atom stereocenters. The second-order valence-corrected chi connectivity index (χ2v) is 7.29. The molecule has 0 saturated heterocycles. The molecule has 8 heteroatoms. The Balaban J connectivity index is 2.21. The summed E-state index contributed by atoms with van der Waals surface area (Å²) >= 11 is 11.8. The van der Waals surface area contributed by atoms with Crippen LogP contribution in [-0.4, -0.2) is 20.0 Å². The molecule has 0 spiro atoms. The lowest BCUT2D eigenvalue weighted by Crippen LogP contribution is -2.14. The molecule has 0 radical (unpaired) electrons. The quantitative estimate of drug-likeness (QED) is 0.730. The maximum Gasteiger partial charge on any atom is 0.263 e. The lowest BCUT2D eigenvalue weighted by molar-refractivity contribution is 0.309. The lowest BCUT2D eigenvalue weighted by Gasteiger charge is -2.11. The van der Waals surface area contributed by atoms with Crippen LogP contribution in [-0.2, 0) is 10.0 Å². The first-order valence-corrected chi connectivity index (χ1v) is 9.23. The number of hydrogen-bond donors (Lipinski definition) is 1. The first kappa shape index (κ1) is 17.8. The van der Waals surface area contributed by atoms with Crippen LogP contribution in [0, 0.1) is 0 Å². The normalized spacial score (nSPS) is 11.3. The van der Waals surface area contributed by atoms with Crippen LogP contribution < -0.4 is 9.46 Å². The van der Waals surface area contributed by atoms with Crippen molar-refractivity contribution < 1.29 is 13.2 Å². The first-order valence-electron chi connectivity index (χ1n) is 6.99. The highest BCUT2D eigenvalue weighted by Gasteiger charge is 2.17. The molecule has 0 aliphatic heterocycles. The van der Waals surface area contributed by atoms with E-state index in [0.717, 1.165) is 12.8 Å². The van der Waals surface area contributed by atoms with Crippen LogP contribution in [0.2, 0.25) is 10.0 Å². The number of rotatable bonds is 7. The lowest BCUT2D eigenvalue weighted by atomic mass is 10.3. The van der Waals surface area contributed by atoms with Crippen LogP contribution in [0.1, 0.15) is 19.8 Å². The topological polar surface area (TPSA) is 68.3 Å². The van der Waals surface area contributed by atoms with Crippen molar-refractivity contribution in [3.8, 4) is 5.75 Å². The molecule has 2 rings (SSSR count). The van der Waals surface area contributed by atoms with Gasteiger partial charge in [-0.05, 0) is 30.7 Å². The zero-order valence-corrected chi connectivity index (χ0v) is 14.7. The molecule has 0 saturated carbocycles. The van der Waals surface area contributed by atoms with Gasteiger partial charge in [0, 0.05) is 12.3 Å². The second-order valence-electron chi connectivity index (χ2n) is 4.76. The maximum atomic E-state index is 12.4. The van der Waals surface area contributed by atoms with Gasteiger partial charge in [0.1, 0.15) is 11.6 Å². The van der Waals surface area contributed by atoms with Gasteiger partial charge in [-0.2, -0.15) is 0 Å². The summed E-state index contributed by atoms with van der Waals surface area (Å²) in [6, 6.07) is 7.33. The number of hydrogen-bond acceptors (Lipinski definition) is 4. The molecule has 1 N–H and O–H groups in total. The minimum atomic E-state index is -3.79. The SMILES string of the molecule is CCCCOc1cc(S(=O)(=O)Nc2ccc(Cl)cn2)ccc1Cl. The average Bonchev–Trinajstić information content (AvgIpc) is 2.51. The van der Waals surface area contributed by atoms with E-state index in [-0.39, 0.29) is 10.7 Å². The Kier molecular flexibility index (Phi) is 6.10. The monoisotopic (exact) mass is 374 g/mol. The maximum absolute atomic E-state index is 12.4. The summed E-state index contributed by atoms with van der Waals surface area (Å²) in [4.78, 5) is 3.96. The van der Waals surface area contributed by atoms with Crippen LogP contribution in [0.25, 0.3) is 0 Å². The van der Waals surface area contributed by atoms with Crippen molar-refractivity contribution in [1.29, 1.82) is 0 Å². The number of aromatic nitrogens is 1. The van der Waals surface area contributed by atoms with E-state index in [1.54, 1.807) is 6.07 Å². The van der Waals surface area contributed by atoms with Crippen molar-refractivity contribution in [3.63, 3.8) is 0 Å². The summed E-state index contributed by atoms with van der Waals surface area (Å²) in [6.45, 7) is 2.51. The Morgan fingerprint density at radius 2 is 2.00 bits per heavy atom. The highest BCUT2D eigenvalue weighted by atomic mass is 35.5. The molecular formula is C15H16Cl2N2O3S. The zero-order chi connectivity index (χ0) is 16.9. The van der Waals surface area contributed by atoms with Gasteiger partial charge in [0.15, 0.2) is 0 Å². The smallest absolute Gasteiger partial charge is 0.263 e. The molecule has 0 amide bonds. The van der Waals surface area contributed by atoms with Crippen molar-refractivity contribution >= 4 is 39.0 Å². The van der Waals surface area contributed by atoms with Gasteiger partial charge in [0.05, 0.1) is 21.5 Å². The van der Waals surface area contributed by atoms with E-state index in [9.17, 15) is 8.42 Å². The van der Waals surface area contributed by atoms with Gasteiger partial charge in [-0.25, -0.2) is 13.4 Å². The first-order chi connectivity index (χ1) is 10.9. The third kappa shape index (κ3) is 4.99.